The molecule has 0 radical (unpaired) electrons. The number of ether oxygens (including phenoxy) is 1. The van der Waals surface area contributed by atoms with Gasteiger partial charge in [-0.1, -0.05) is 42.0 Å². The van der Waals surface area contributed by atoms with Crippen LogP contribution in [0, 0.1) is 5.92 Å². The summed E-state index contributed by atoms with van der Waals surface area (Å²) in [7, 11) is 1.78. The number of rotatable bonds is 2. The van der Waals surface area contributed by atoms with Crippen molar-refractivity contribution < 1.29 is 4.74 Å². The normalized spacial score (nSPS) is 27.6. The summed E-state index contributed by atoms with van der Waals surface area (Å²) in [6, 6.07) is 11.3. The monoisotopic (exact) mass is 389 g/mol. The molecule has 2 heterocycles. The van der Waals surface area contributed by atoms with Crippen LogP contribution in [0.15, 0.2) is 65.1 Å². The Labute approximate surface area is 171 Å². The molecular weight excluding hydrogens is 362 g/mol. The number of allylic oxidation sites excluding steroid dienone is 2. The zero-order valence-electron chi connectivity index (χ0n) is 17.0. The Morgan fingerprint density at radius 1 is 1.18 bits per heavy atom. The molecule has 0 fully saturated rings. The molecule has 1 aromatic heterocycles. The molecule has 0 amide bonds. The van der Waals surface area contributed by atoms with Gasteiger partial charge < -0.3 is 10.1 Å². The molecule has 2 aromatic rings. The van der Waals surface area contributed by atoms with Crippen molar-refractivity contribution in [2.75, 3.05) is 7.11 Å². The number of thiophene rings is 1. The van der Waals surface area contributed by atoms with Crippen LogP contribution in [0.2, 0.25) is 0 Å². The van der Waals surface area contributed by atoms with Crippen molar-refractivity contribution in [1.29, 1.82) is 0 Å². The third-order valence-electron chi connectivity index (χ3n) is 6.38. The van der Waals surface area contributed by atoms with Crippen LogP contribution < -0.4 is 10.1 Å². The quantitative estimate of drug-likeness (QED) is 0.662. The second kappa shape index (κ2) is 6.47. The molecule has 0 saturated carbocycles. The van der Waals surface area contributed by atoms with Crippen LogP contribution in [0.1, 0.15) is 42.7 Å². The molecule has 1 aliphatic heterocycles. The second-order valence-corrected chi connectivity index (χ2v) is 9.73. The summed E-state index contributed by atoms with van der Waals surface area (Å²) >= 11 is 1.88. The summed E-state index contributed by atoms with van der Waals surface area (Å²) in [4.78, 5) is 1.47. The highest BCUT2D eigenvalue weighted by atomic mass is 32.1. The fraction of sp³-hybridized carbons (Fsp3) is 0.360. The van der Waals surface area contributed by atoms with Crippen molar-refractivity contribution in [3.05, 3.63) is 81.1 Å². The Morgan fingerprint density at radius 3 is 2.79 bits per heavy atom. The van der Waals surface area contributed by atoms with E-state index in [4.69, 9.17) is 4.74 Å². The lowest BCUT2D eigenvalue weighted by molar-refractivity contribution is 0.350. The minimum atomic E-state index is 0.0242. The number of methoxy groups -OCH3 is 1. The molecular formula is C25H27NOS. The summed E-state index contributed by atoms with van der Waals surface area (Å²) in [6.45, 7) is 6.84. The molecule has 3 heteroatoms. The highest BCUT2D eigenvalue weighted by Gasteiger charge is 2.42. The van der Waals surface area contributed by atoms with E-state index in [0.29, 0.717) is 17.9 Å². The Kier molecular flexibility index (Phi) is 4.15. The number of fused-ring (bicyclic) bond motifs is 4. The third-order valence-corrected chi connectivity index (χ3v) is 7.37. The molecule has 0 saturated heterocycles. The molecule has 144 valence electrons. The predicted octanol–water partition coefficient (Wildman–Crippen LogP) is 5.73. The molecule has 2 aliphatic carbocycles. The van der Waals surface area contributed by atoms with Crippen molar-refractivity contribution in [3.8, 4) is 5.75 Å². The van der Waals surface area contributed by atoms with Crippen LogP contribution in [0.4, 0.5) is 0 Å². The van der Waals surface area contributed by atoms with Crippen LogP contribution in [-0.4, -0.2) is 18.7 Å². The van der Waals surface area contributed by atoms with Crippen molar-refractivity contribution in [2.45, 2.75) is 44.7 Å². The van der Waals surface area contributed by atoms with Gasteiger partial charge in [-0.05, 0) is 61.4 Å². The molecule has 28 heavy (non-hydrogen) atoms. The lowest BCUT2D eigenvalue weighted by Crippen LogP contribution is -2.53. The van der Waals surface area contributed by atoms with E-state index < -0.39 is 0 Å². The Bertz CT molecular complexity index is 1010. The maximum absolute atomic E-state index is 5.79. The molecule has 2 nitrogen and oxygen atoms in total. The first-order chi connectivity index (χ1) is 13.5. The SMILES string of the molecule is COc1cccc2c1C1=C(C(c3cccs3)C2)C2C(C)=CC(C)(C)NC2C=C1. The molecule has 0 spiro atoms. The summed E-state index contributed by atoms with van der Waals surface area (Å²) in [5.41, 5.74) is 7.11. The molecule has 3 aliphatic rings. The van der Waals surface area contributed by atoms with Gasteiger partial charge in [0.15, 0.2) is 0 Å². The van der Waals surface area contributed by atoms with Gasteiger partial charge in [-0.3, -0.25) is 0 Å². The summed E-state index contributed by atoms with van der Waals surface area (Å²) < 4.78 is 5.79. The van der Waals surface area contributed by atoms with Gasteiger partial charge in [0.1, 0.15) is 5.75 Å². The van der Waals surface area contributed by atoms with Crippen molar-refractivity contribution >= 4 is 16.9 Å². The highest BCUT2D eigenvalue weighted by Crippen LogP contribution is 2.52. The number of nitrogens with one attached hydrogen (secondary N) is 1. The van der Waals surface area contributed by atoms with Gasteiger partial charge >= 0.3 is 0 Å². The largest absolute Gasteiger partial charge is 0.496 e. The lowest BCUT2D eigenvalue weighted by Gasteiger charge is -2.46. The van der Waals surface area contributed by atoms with E-state index in [1.165, 1.54) is 27.2 Å². The fourth-order valence-corrected chi connectivity index (χ4v) is 6.33. The van der Waals surface area contributed by atoms with Crippen molar-refractivity contribution in [2.24, 2.45) is 5.92 Å². The molecule has 0 bridgehead atoms. The van der Waals surface area contributed by atoms with E-state index in [9.17, 15) is 0 Å². The first-order valence-corrected chi connectivity index (χ1v) is 11.0. The number of hydrogen-bond donors (Lipinski definition) is 1. The summed E-state index contributed by atoms with van der Waals surface area (Å²) in [5, 5.41) is 6.06. The van der Waals surface area contributed by atoms with Crippen LogP contribution in [0.25, 0.3) is 5.57 Å². The van der Waals surface area contributed by atoms with Crippen LogP contribution in [0.3, 0.4) is 0 Å². The Balaban J connectivity index is 1.76. The van der Waals surface area contributed by atoms with Gasteiger partial charge in [0.25, 0.3) is 0 Å². The molecule has 1 aromatic carbocycles. The topological polar surface area (TPSA) is 21.3 Å². The van der Waals surface area contributed by atoms with Crippen molar-refractivity contribution in [3.63, 3.8) is 0 Å². The third kappa shape index (κ3) is 2.72. The first kappa shape index (κ1) is 18.0. The number of hydrogen-bond acceptors (Lipinski definition) is 3. The van der Waals surface area contributed by atoms with E-state index in [0.717, 1.165) is 12.2 Å². The van der Waals surface area contributed by atoms with Gasteiger partial charge in [0, 0.05) is 33.9 Å². The van der Waals surface area contributed by atoms with Gasteiger partial charge in [0.05, 0.1) is 7.11 Å². The summed E-state index contributed by atoms with van der Waals surface area (Å²) in [6.07, 6.45) is 8.18. The average molecular weight is 390 g/mol. The zero-order valence-corrected chi connectivity index (χ0v) is 17.8. The summed E-state index contributed by atoms with van der Waals surface area (Å²) in [5.74, 6) is 1.82. The first-order valence-electron chi connectivity index (χ1n) is 10.1. The molecule has 3 atom stereocenters. The standard InChI is InChI=1S/C25H27NOS/c1-15-14-25(2,3)26-19-11-10-17-23-16(7-5-8-20(23)27-4)13-18(24(17)22(15)19)21-9-6-12-28-21/h5-12,14,18-19,22,26H,13H2,1-4H3. The van der Waals surface area contributed by atoms with E-state index in [1.54, 1.807) is 12.7 Å². The zero-order chi connectivity index (χ0) is 19.5. The fourth-order valence-electron chi connectivity index (χ4n) is 5.49. The Morgan fingerprint density at radius 2 is 2.04 bits per heavy atom. The van der Waals surface area contributed by atoms with Crippen LogP contribution in [-0.2, 0) is 6.42 Å². The maximum atomic E-state index is 5.79. The van der Waals surface area contributed by atoms with Crippen LogP contribution >= 0.6 is 11.3 Å². The average Bonchev–Trinajstić information content (AvgIpc) is 3.19. The predicted molar refractivity (Wildman–Crippen MR) is 118 cm³/mol. The second-order valence-electron chi connectivity index (χ2n) is 8.75. The van der Waals surface area contributed by atoms with E-state index in [1.807, 2.05) is 11.3 Å². The van der Waals surface area contributed by atoms with Gasteiger partial charge in [-0.2, -0.15) is 0 Å². The highest BCUT2D eigenvalue weighted by molar-refractivity contribution is 7.10. The van der Waals surface area contributed by atoms with E-state index in [-0.39, 0.29) is 5.54 Å². The van der Waals surface area contributed by atoms with Crippen molar-refractivity contribution in [1.82, 2.24) is 5.32 Å². The molecule has 5 rings (SSSR count). The van der Waals surface area contributed by atoms with Crippen LogP contribution in [0.5, 0.6) is 5.75 Å². The molecule has 1 N–H and O–H groups in total. The van der Waals surface area contributed by atoms with Gasteiger partial charge in [-0.15, -0.1) is 11.3 Å². The van der Waals surface area contributed by atoms with E-state index in [2.05, 4.69) is 80.0 Å². The number of benzene rings is 1. The molecule has 3 unspecified atom stereocenters. The minimum absolute atomic E-state index is 0.0242. The maximum Gasteiger partial charge on any atom is 0.126 e. The Hall–Kier alpha value is -2.10. The minimum Gasteiger partial charge on any atom is -0.496 e. The smallest absolute Gasteiger partial charge is 0.126 e. The van der Waals surface area contributed by atoms with Gasteiger partial charge in [0.2, 0.25) is 0 Å². The van der Waals surface area contributed by atoms with E-state index >= 15 is 0 Å². The van der Waals surface area contributed by atoms with Gasteiger partial charge in [-0.25, -0.2) is 0 Å². The lowest BCUT2D eigenvalue weighted by atomic mass is 9.65.